The van der Waals surface area contributed by atoms with Gasteiger partial charge in [0.2, 0.25) is 0 Å². The molecule has 4 heteroatoms. The lowest BCUT2D eigenvalue weighted by atomic mass is 9.95. The van der Waals surface area contributed by atoms with Crippen LogP contribution in [0.1, 0.15) is 0 Å². The largest absolute Gasteiger partial charge is 0.274 e. The number of rotatable bonds is 2. The van der Waals surface area contributed by atoms with E-state index in [1.165, 1.54) is 25.5 Å². The van der Waals surface area contributed by atoms with Gasteiger partial charge in [-0.3, -0.25) is 4.40 Å². The van der Waals surface area contributed by atoms with Gasteiger partial charge in [0.05, 0.1) is 5.52 Å². The molecule has 0 saturated carbocycles. The maximum Gasteiger partial charge on any atom is 0.169 e. The Bertz CT molecular complexity index is 1530. The summed E-state index contributed by atoms with van der Waals surface area (Å²) in [5.74, 6) is 0.865. The van der Waals surface area contributed by atoms with Gasteiger partial charge in [0.25, 0.3) is 0 Å². The Morgan fingerprint density at radius 1 is 0.600 bits per heavy atom. The Balaban J connectivity index is 1.79. The third-order valence-corrected chi connectivity index (χ3v) is 6.29. The van der Waals surface area contributed by atoms with E-state index in [-0.39, 0.29) is 0 Å². The van der Waals surface area contributed by atoms with Crippen molar-refractivity contribution in [2.75, 3.05) is 0 Å². The first kappa shape index (κ1) is 17.6. The van der Waals surface area contributed by atoms with Crippen LogP contribution in [0.2, 0.25) is 0 Å². The minimum Gasteiger partial charge on any atom is -0.274 e. The average Bonchev–Trinajstić information content (AvgIpc) is 3.25. The van der Waals surface area contributed by atoms with E-state index in [0.717, 1.165) is 27.9 Å². The fourth-order valence-corrected chi connectivity index (χ4v) is 4.60. The molecule has 0 bridgehead atoms. The smallest absolute Gasteiger partial charge is 0.169 e. The summed E-state index contributed by atoms with van der Waals surface area (Å²) in [5.41, 5.74) is 5.48. The number of aromatic nitrogens is 3. The van der Waals surface area contributed by atoms with Gasteiger partial charge in [-0.1, -0.05) is 78.9 Å². The lowest BCUT2D eigenvalue weighted by molar-refractivity contribution is 1.12. The van der Waals surface area contributed by atoms with Gasteiger partial charge in [0.1, 0.15) is 0 Å². The highest BCUT2D eigenvalue weighted by molar-refractivity contribution is 14.1. The van der Waals surface area contributed by atoms with Gasteiger partial charge in [-0.05, 0) is 51.9 Å². The molecule has 6 rings (SSSR count). The SMILES string of the molecule is Ic1ccc(-c2nnc3c4cccc(-c5ccccc5)c4c4ccccc4n23)cc1. The molecule has 0 fully saturated rings. The standard InChI is InChI=1S/C26H16IN3/c27-19-15-13-18(14-16-19)25-28-29-26-22-11-6-10-20(17-7-2-1-3-8-17)24(22)21-9-4-5-12-23(21)30(25)26/h1-16H. The van der Waals surface area contributed by atoms with Crippen LogP contribution in [0, 0.1) is 3.57 Å². The molecule has 2 aromatic heterocycles. The minimum absolute atomic E-state index is 0.865. The van der Waals surface area contributed by atoms with E-state index in [2.05, 4.69) is 134 Å². The Morgan fingerprint density at radius 2 is 1.33 bits per heavy atom. The van der Waals surface area contributed by atoms with Gasteiger partial charge >= 0.3 is 0 Å². The summed E-state index contributed by atoms with van der Waals surface area (Å²) in [6.07, 6.45) is 0. The number of pyridine rings is 1. The topological polar surface area (TPSA) is 30.2 Å². The van der Waals surface area contributed by atoms with Crippen LogP contribution in [0.25, 0.3) is 49.8 Å². The zero-order chi connectivity index (χ0) is 20.1. The Morgan fingerprint density at radius 3 is 2.17 bits per heavy atom. The third kappa shape index (κ3) is 2.64. The van der Waals surface area contributed by atoms with E-state index >= 15 is 0 Å². The molecule has 0 radical (unpaired) electrons. The van der Waals surface area contributed by atoms with Crippen LogP contribution in [-0.4, -0.2) is 14.6 Å². The van der Waals surface area contributed by atoms with Crippen molar-refractivity contribution in [1.29, 1.82) is 0 Å². The van der Waals surface area contributed by atoms with Crippen molar-refractivity contribution in [3.8, 4) is 22.5 Å². The number of fused-ring (bicyclic) bond motifs is 6. The molecule has 4 aromatic carbocycles. The molecule has 0 saturated heterocycles. The van der Waals surface area contributed by atoms with Gasteiger partial charge in [0, 0.05) is 25.3 Å². The number of benzene rings is 4. The van der Waals surface area contributed by atoms with E-state index in [9.17, 15) is 0 Å². The van der Waals surface area contributed by atoms with Crippen LogP contribution in [0.15, 0.2) is 97.1 Å². The van der Waals surface area contributed by atoms with Crippen molar-refractivity contribution in [1.82, 2.24) is 14.6 Å². The first-order valence-corrected chi connectivity index (χ1v) is 10.9. The third-order valence-electron chi connectivity index (χ3n) is 5.57. The quantitative estimate of drug-likeness (QED) is 0.191. The monoisotopic (exact) mass is 497 g/mol. The normalized spacial score (nSPS) is 11.5. The Kier molecular flexibility index (Phi) is 4.06. The summed E-state index contributed by atoms with van der Waals surface area (Å²) in [5, 5.41) is 12.8. The van der Waals surface area contributed by atoms with E-state index in [1.54, 1.807) is 0 Å². The molecule has 0 spiro atoms. The van der Waals surface area contributed by atoms with Crippen LogP contribution in [0.5, 0.6) is 0 Å². The van der Waals surface area contributed by atoms with Crippen LogP contribution in [-0.2, 0) is 0 Å². The summed E-state index contributed by atoms with van der Waals surface area (Å²) in [6, 6.07) is 34.0. The van der Waals surface area contributed by atoms with Gasteiger partial charge in [-0.15, -0.1) is 10.2 Å². The summed E-state index contributed by atoms with van der Waals surface area (Å²) < 4.78 is 3.39. The van der Waals surface area contributed by atoms with E-state index < -0.39 is 0 Å². The minimum atomic E-state index is 0.865. The highest BCUT2D eigenvalue weighted by Crippen LogP contribution is 2.37. The molecule has 0 unspecified atom stereocenters. The van der Waals surface area contributed by atoms with Crippen molar-refractivity contribution in [2.24, 2.45) is 0 Å². The summed E-state index contributed by atoms with van der Waals surface area (Å²) in [6.45, 7) is 0. The summed E-state index contributed by atoms with van der Waals surface area (Å²) in [7, 11) is 0. The fraction of sp³-hybridized carbons (Fsp3) is 0. The predicted octanol–water partition coefficient (Wildman–Crippen LogP) is 6.97. The van der Waals surface area contributed by atoms with Crippen molar-refractivity contribution < 1.29 is 0 Å². The molecular formula is C26H16IN3. The maximum atomic E-state index is 4.64. The molecule has 0 aliphatic heterocycles. The predicted molar refractivity (Wildman–Crippen MR) is 132 cm³/mol. The van der Waals surface area contributed by atoms with Crippen molar-refractivity contribution in [2.45, 2.75) is 0 Å². The van der Waals surface area contributed by atoms with Crippen molar-refractivity contribution >= 4 is 49.9 Å². The molecule has 3 nitrogen and oxygen atoms in total. The molecule has 0 N–H and O–H groups in total. The lowest BCUT2D eigenvalue weighted by Crippen LogP contribution is -1.95. The second-order valence-corrected chi connectivity index (χ2v) is 8.55. The molecule has 30 heavy (non-hydrogen) atoms. The van der Waals surface area contributed by atoms with E-state index in [1.807, 2.05) is 0 Å². The molecular weight excluding hydrogens is 481 g/mol. The zero-order valence-corrected chi connectivity index (χ0v) is 18.1. The number of para-hydroxylation sites is 1. The van der Waals surface area contributed by atoms with E-state index in [4.69, 9.17) is 0 Å². The Labute approximate surface area is 187 Å². The number of halogens is 1. The highest BCUT2D eigenvalue weighted by atomic mass is 127. The highest BCUT2D eigenvalue weighted by Gasteiger charge is 2.17. The maximum absolute atomic E-state index is 4.64. The van der Waals surface area contributed by atoms with Crippen LogP contribution >= 0.6 is 22.6 Å². The first-order valence-electron chi connectivity index (χ1n) is 9.81. The average molecular weight is 497 g/mol. The van der Waals surface area contributed by atoms with Crippen LogP contribution < -0.4 is 0 Å². The number of hydrogen-bond acceptors (Lipinski definition) is 2. The zero-order valence-electron chi connectivity index (χ0n) is 16.0. The van der Waals surface area contributed by atoms with Crippen molar-refractivity contribution in [3.63, 3.8) is 0 Å². The molecule has 0 aliphatic rings. The van der Waals surface area contributed by atoms with Gasteiger partial charge < -0.3 is 0 Å². The fourth-order valence-electron chi connectivity index (χ4n) is 4.24. The number of hydrogen-bond donors (Lipinski definition) is 0. The molecule has 0 amide bonds. The molecule has 142 valence electrons. The molecule has 6 aromatic rings. The van der Waals surface area contributed by atoms with Crippen molar-refractivity contribution in [3.05, 3.63) is 101 Å². The van der Waals surface area contributed by atoms with Crippen LogP contribution in [0.4, 0.5) is 0 Å². The lowest BCUT2D eigenvalue weighted by Gasteiger charge is -2.13. The van der Waals surface area contributed by atoms with Crippen LogP contribution in [0.3, 0.4) is 0 Å². The molecule has 2 heterocycles. The summed E-state index contributed by atoms with van der Waals surface area (Å²) in [4.78, 5) is 0. The Hall–Kier alpha value is -3.25. The van der Waals surface area contributed by atoms with Gasteiger partial charge in [-0.2, -0.15) is 0 Å². The second kappa shape index (κ2) is 6.92. The second-order valence-electron chi connectivity index (χ2n) is 7.30. The molecule has 0 aliphatic carbocycles. The van der Waals surface area contributed by atoms with Gasteiger partial charge in [-0.25, -0.2) is 0 Å². The first-order chi connectivity index (χ1) is 14.8. The molecule has 0 atom stereocenters. The van der Waals surface area contributed by atoms with E-state index in [0.29, 0.717) is 0 Å². The summed E-state index contributed by atoms with van der Waals surface area (Å²) >= 11 is 2.32. The van der Waals surface area contributed by atoms with Gasteiger partial charge in [0.15, 0.2) is 11.5 Å². The number of nitrogens with zero attached hydrogens (tertiary/aromatic N) is 3.